The van der Waals surface area contributed by atoms with Gasteiger partial charge < -0.3 is 14.2 Å². The molecular weight excluding hydrogens is 246 g/mol. The Labute approximate surface area is 112 Å². The van der Waals surface area contributed by atoms with Crippen molar-refractivity contribution in [3.63, 3.8) is 0 Å². The van der Waals surface area contributed by atoms with E-state index in [9.17, 15) is 4.79 Å². The minimum absolute atomic E-state index is 0.494. The topological polar surface area (TPSA) is 57.1 Å². The lowest BCUT2D eigenvalue weighted by Gasteiger charge is -2.19. The summed E-state index contributed by atoms with van der Waals surface area (Å²) in [6.45, 7) is 2.39. The van der Waals surface area contributed by atoms with Crippen LogP contribution in [0.25, 0.3) is 0 Å². The van der Waals surface area contributed by atoms with Gasteiger partial charge in [0, 0.05) is 5.56 Å². The maximum atomic E-state index is 10.6. The Hall–Kier alpha value is -2.00. The summed E-state index contributed by atoms with van der Waals surface area (Å²) in [4.78, 5) is 14.5. The van der Waals surface area contributed by atoms with Gasteiger partial charge in [-0.2, -0.15) is 4.99 Å². The van der Waals surface area contributed by atoms with Crippen LogP contribution in [-0.2, 0) is 10.3 Å². The molecule has 0 saturated heterocycles. The monoisotopic (exact) mass is 263 g/mol. The van der Waals surface area contributed by atoms with E-state index in [-0.39, 0.29) is 0 Å². The lowest BCUT2D eigenvalue weighted by Crippen LogP contribution is -2.08. The molecule has 0 spiro atoms. The summed E-state index contributed by atoms with van der Waals surface area (Å²) < 4.78 is 16.3. The van der Waals surface area contributed by atoms with Gasteiger partial charge in [-0.25, -0.2) is 4.79 Å². The van der Waals surface area contributed by atoms with Crippen molar-refractivity contribution in [2.24, 2.45) is 4.99 Å². The van der Waals surface area contributed by atoms with Crippen LogP contribution in [0, 0.1) is 0 Å². The zero-order valence-corrected chi connectivity index (χ0v) is 11.4. The molecular formula is C14H17NO4. The first-order valence-electron chi connectivity index (χ1n) is 6.19. The predicted octanol–water partition coefficient (Wildman–Crippen LogP) is 2.43. The van der Waals surface area contributed by atoms with E-state index < -0.39 is 5.54 Å². The van der Waals surface area contributed by atoms with Crippen LogP contribution in [0.2, 0.25) is 0 Å². The molecule has 1 aromatic carbocycles. The second-order valence-electron chi connectivity index (χ2n) is 4.35. The SMILES string of the molecule is CCOc1c(C2(N=C=O)CC2)ccc(OC)c1OC. The molecule has 1 fully saturated rings. The second-order valence-corrected chi connectivity index (χ2v) is 4.35. The predicted molar refractivity (Wildman–Crippen MR) is 69.7 cm³/mol. The van der Waals surface area contributed by atoms with E-state index in [0.29, 0.717) is 23.9 Å². The molecule has 0 bridgehead atoms. The fourth-order valence-electron chi connectivity index (χ4n) is 2.20. The molecule has 0 atom stereocenters. The quantitative estimate of drug-likeness (QED) is 0.584. The second kappa shape index (κ2) is 5.33. The molecule has 1 aromatic rings. The molecule has 0 N–H and O–H groups in total. The number of isocyanates is 1. The van der Waals surface area contributed by atoms with E-state index in [2.05, 4.69) is 4.99 Å². The van der Waals surface area contributed by atoms with Crippen molar-refractivity contribution in [1.82, 2.24) is 0 Å². The highest BCUT2D eigenvalue weighted by atomic mass is 16.5. The Morgan fingerprint density at radius 3 is 2.47 bits per heavy atom. The minimum atomic E-state index is -0.494. The largest absolute Gasteiger partial charge is 0.493 e. The number of benzene rings is 1. The lowest BCUT2D eigenvalue weighted by atomic mass is 10.0. The molecule has 0 amide bonds. The molecule has 102 valence electrons. The lowest BCUT2D eigenvalue weighted by molar-refractivity contribution is 0.291. The number of hydrogen-bond donors (Lipinski definition) is 0. The van der Waals surface area contributed by atoms with Gasteiger partial charge in [-0.05, 0) is 31.9 Å². The van der Waals surface area contributed by atoms with Crippen LogP contribution < -0.4 is 14.2 Å². The summed E-state index contributed by atoms with van der Waals surface area (Å²) in [5.74, 6) is 1.73. The van der Waals surface area contributed by atoms with Crippen LogP contribution >= 0.6 is 0 Å². The van der Waals surface area contributed by atoms with Crippen molar-refractivity contribution in [1.29, 1.82) is 0 Å². The van der Waals surface area contributed by atoms with Gasteiger partial charge in [0.05, 0.1) is 20.8 Å². The smallest absolute Gasteiger partial charge is 0.235 e. The molecule has 0 heterocycles. The first-order valence-corrected chi connectivity index (χ1v) is 6.19. The normalized spacial score (nSPS) is 15.3. The first-order chi connectivity index (χ1) is 9.22. The summed E-state index contributed by atoms with van der Waals surface area (Å²) in [6, 6.07) is 3.68. The van der Waals surface area contributed by atoms with Gasteiger partial charge in [-0.3, -0.25) is 0 Å². The van der Waals surface area contributed by atoms with Crippen molar-refractivity contribution in [2.45, 2.75) is 25.3 Å². The number of aliphatic imine (C=N–C) groups is 1. The van der Waals surface area contributed by atoms with Crippen molar-refractivity contribution in [3.05, 3.63) is 17.7 Å². The van der Waals surface area contributed by atoms with Crippen molar-refractivity contribution in [3.8, 4) is 17.2 Å². The van der Waals surface area contributed by atoms with E-state index in [1.54, 1.807) is 26.4 Å². The molecule has 0 radical (unpaired) electrons. The average Bonchev–Trinajstić information content (AvgIpc) is 3.19. The molecule has 1 aliphatic rings. The van der Waals surface area contributed by atoms with Crippen LogP contribution in [0.5, 0.6) is 17.2 Å². The van der Waals surface area contributed by atoms with Gasteiger partial charge >= 0.3 is 0 Å². The Bertz CT molecular complexity index is 516. The summed E-state index contributed by atoms with van der Waals surface area (Å²) in [7, 11) is 3.14. The number of hydrogen-bond acceptors (Lipinski definition) is 5. The third kappa shape index (κ3) is 2.29. The van der Waals surface area contributed by atoms with Gasteiger partial charge in [0.1, 0.15) is 5.54 Å². The van der Waals surface area contributed by atoms with Crippen LogP contribution in [0.15, 0.2) is 17.1 Å². The summed E-state index contributed by atoms with van der Waals surface area (Å²) in [5, 5.41) is 0. The first kappa shape index (κ1) is 13.4. The number of nitrogens with zero attached hydrogens (tertiary/aromatic N) is 1. The Morgan fingerprint density at radius 2 is 2.00 bits per heavy atom. The Balaban J connectivity index is 2.58. The third-order valence-corrected chi connectivity index (χ3v) is 3.27. The van der Waals surface area contributed by atoms with Crippen molar-refractivity contribution < 1.29 is 19.0 Å². The van der Waals surface area contributed by atoms with E-state index in [0.717, 1.165) is 18.4 Å². The highest BCUT2D eigenvalue weighted by Gasteiger charge is 2.47. The minimum Gasteiger partial charge on any atom is -0.493 e. The molecule has 1 saturated carbocycles. The third-order valence-electron chi connectivity index (χ3n) is 3.27. The zero-order chi connectivity index (χ0) is 13.9. The fraction of sp³-hybridized carbons (Fsp3) is 0.500. The molecule has 1 aliphatic carbocycles. The number of ether oxygens (including phenoxy) is 3. The van der Waals surface area contributed by atoms with Gasteiger partial charge in [0.2, 0.25) is 11.8 Å². The van der Waals surface area contributed by atoms with Crippen molar-refractivity contribution >= 4 is 6.08 Å². The standard InChI is InChI=1S/C14H17NO4/c1-4-19-12-10(14(7-8-14)15-9-16)5-6-11(17-2)13(12)18-3/h5-6H,4,7-8H2,1-3H3. The average molecular weight is 263 g/mol. The number of rotatable bonds is 6. The molecule has 2 rings (SSSR count). The summed E-state index contributed by atoms with van der Waals surface area (Å²) in [5.41, 5.74) is 0.363. The maximum Gasteiger partial charge on any atom is 0.235 e. The highest BCUT2D eigenvalue weighted by molar-refractivity contribution is 5.60. The molecule has 0 unspecified atom stereocenters. The fourth-order valence-corrected chi connectivity index (χ4v) is 2.20. The van der Waals surface area contributed by atoms with Crippen molar-refractivity contribution in [2.75, 3.05) is 20.8 Å². The van der Waals surface area contributed by atoms with Crippen LogP contribution in [0.4, 0.5) is 0 Å². The van der Waals surface area contributed by atoms with E-state index in [1.807, 2.05) is 13.0 Å². The van der Waals surface area contributed by atoms with Gasteiger partial charge in [0.15, 0.2) is 11.5 Å². The number of methoxy groups -OCH3 is 2. The molecule has 5 heteroatoms. The van der Waals surface area contributed by atoms with Crippen LogP contribution in [-0.4, -0.2) is 26.9 Å². The molecule has 19 heavy (non-hydrogen) atoms. The van der Waals surface area contributed by atoms with E-state index >= 15 is 0 Å². The summed E-state index contributed by atoms with van der Waals surface area (Å²) >= 11 is 0. The Kier molecular flexibility index (Phi) is 3.76. The molecule has 5 nitrogen and oxygen atoms in total. The number of carbonyl (C=O) groups excluding carboxylic acids is 1. The summed E-state index contributed by atoms with van der Waals surface area (Å²) in [6.07, 6.45) is 3.29. The molecule has 0 aromatic heterocycles. The van der Waals surface area contributed by atoms with Crippen LogP contribution in [0.1, 0.15) is 25.3 Å². The van der Waals surface area contributed by atoms with Gasteiger partial charge in [0.25, 0.3) is 0 Å². The maximum absolute atomic E-state index is 10.6. The van der Waals surface area contributed by atoms with Gasteiger partial charge in [-0.15, -0.1) is 0 Å². The van der Waals surface area contributed by atoms with E-state index in [1.165, 1.54) is 0 Å². The highest BCUT2D eigenvalue weighted by Crippen LogP contribution is 2.55. The Morgan fingerprint density at radius 1 is 1.26 bits per heavy atom. The zero-order valence-electron chi connectivity index (χ0n) is 11.4. The van der Waals surface area contributed by atoms with E-state index in [4.69, 9.17) is 14.2 Å². The van der Waals surface area contributed by atoms with Crippen LogP contribution in [0.3, 0.4) is 0 Å². The van der Waals surface area contributed by atoms with Gasteiger partial charge in [-0.1, -0.05) is 0 Å². The molecule has 0 aliphatic heterocycles.